The third kappa shape index (κ3) is 2.62. The van der Waals surface area contributed by atoms with E-state index in [2.05, 4.69) is 87.5 Å². The van der Waals surface area contributed by atoms with E-state index in [1.807, 2.05) is 0 Å². The zero-order valence-corrected chi connectivity index (χ0v) is 12.9. The molecule has 0 saturated carbocycles. The van der Waals surface area contributed by atoms with Crippen molar-refractivity contribution in [2.24, 2.45) is 0 Å². The van der Waals surface area contributed by atoms with Gasteiger partial charge in [-0.1, -0.05) is 66.7 Å². The molecule has 0 nitrogen and oxygen atoms in total. The van der Waals surface area contributed by atoms with Crippen LogP contribution in [0.2, 0.25) is 0 Å². The second kappa shape index (κ2) is 5.57. The Morgan fingerprint density at radius 2 is 1.05 bits per heavy atom. The lowest BCUT2D eigenvalue weighted by Gasteiger charge is -2.12. The summed E-state index contributed by atoms with van der Waals surface area (Å²) < 4.78 is 0. The van der Waals surface area contributed by atoms with E-state index in [1.54, 1.807) is 0 Å². The van der Waals surface area contributed by atoms with E-state index in [4.69, 9.17) is 0 Å². The quantitative estimate of drug-likeness (QED) is 0.541. The van der Waals surface area contributed by atoms with Crippen molar-refractivity contribution in [3.63, 3.8) is 0 Å². The molecular formula is C21H20. The Balaban J connectivity index is 2.01. The Morgan fingerprint density at radius 1 is 0.476 bits per heavy atom. The van der Waals surface area contributed by atoms with Crippen LogP contribution in [0.5, 0.6) is 0 Å². The fourth-order valence-electron chi connectivity index (χ4n) is 2.74. The molecule has 0 heteroatoms. The highest BCUT2D eigenvalue weighted by atomic mass is 14.1. The molecule has 0 heterocycles. The lowest BCUT2D eigenvalue weighted by atomic mass is 9.93. The monoisotopic (exact) mass is 272 g/mol. The summed E-state index contributed by atoms with van der Waals surface area (Å²) in [4.78, 5) is 0. The van der Waals surface area contributed by atoms with Crippen LogP contribution in [0.25, 0.3) is 22.3 Å². The van der Waals surface area contributed by atoms with Crippen molar-refractivity contribution >= 4 is 0 Å². The summed E-state index contributed by atoms with van der Waals surface area (Å²) in [6, 6.07) is 23.8. The highest BCUT2D eigenvalue weighted by molar-refractivity contribution is 5.73. The van der Waals surface area contributed by atoms with Crippen LogP contribution in [0.15, 0.2) is 66.7 Å². The van der Waals surface area contributed by atoms with Crippen LogP contribution in [0.1, 0.15) is 16.7 Å². The lowest BCUT2D eigenvalue weighted by Crippen LogP contribution is -1.90. The molecule has 0 amide bonds. The van der Waals surface area contributed by atoms with E-state index in [1.165, 1.54) is 38.9 Å². The summed E-state index contributed by atoms with van der Waals surface area (Å²) in [6.07, 6.45) is 0. The van der Waals surface area contributed by atoms with Crippen molar-refractivity contribution in [1.29, 1.82) is 0 Å². The van der Waals surface area contributed by atoms with Crippen molar-refractivity contribution in [3.8, 4) is 22.3 Å². The highest BCUT2D eigenvalue weighted by Crippen LogP contribution is 2.29. The van der Waals surface area contributed by atoms with Crippen molar-refractivity contribution < 1.29 is 0 Å². The van der Waals surface area contributed by atoms with E-state index in [-0.39, 0.29) is 0 Å². The molecular weight excluding hydrogens is 252 g/mol. The van der Waals surface area contributed by atoms with Gasteiger partial charge in [-0.05, 0) is 59.7 Å². The maximum atomic E-state index is 2.23. The molecule has 0 fully saturated rings. The number of hydrogen-bond donors (Lipinski definition) is 0. The summed E-state index contributed by atoms with van der Waals surface area (Å²) in [5.74, 6) is 0. The molecule has 0 radical (unpaired) electrons. The van der Waals surface area contributed by atoms with Gasteiger partial charge < -0.3 is 0 Å². The molecule has 0 N–H and O–H groups in total. The van der Waals surface area contributed by atoms with Gasteiger partial charge in [0, 0.05) is 0 Å². The van der Waals surface area contributed by atoms with Crippen LogP contribution in [0, 0.1) is 20.8 Å². The van der Waals surface area contributed by atoms with Crippen LogP contribution in [-0.2, 0) is 0 Å². The third-order valence-corrected chi connectivity index (χ3v) is 4.36. The first-order valence-electron chi connectivity index (χ1n) is 7.39. The van der Waals surface area contributed by atoms with Gasteiger partial charge in [-0.3, -0.25) is 0 Å². The standard InChI is InChI=1S/C21H20/c1-15-9-14-21(17(3)16(15)2)20-12-10-19(11-13-20)18-7-5-4-6-8-18/h4-14H,1-3H3. The van der Waals surface area contributed by atoms with Crippen LogP contribution < -0.4 is 0 Å². The average molecular weight is 272 g/mol. The van der Waals surface area contributed by atoms with Crippen molar-refractivity contribution in [2.75, 3.05) is 0 Å². The Morgan fingerprint density at radius 3 is 1.71 bits per heavy atom. The third-order valence-electron chi connectivity index (χ3n) is 4.36. The number of rotatable bonds is 2. The molecule has 0 aliphatic heterocycles. The molecule has 3 rings (SSSR count). The van der Waals surface area contributed by atoms with Gasteiger partial charge in [0.1, 0.15) is 0 Å². The number of aryl methyl sites for hydroxylation is 1. The SMILES string of the molecule is Cc1ccc(-c2ccc(-c3ccccc3)cc2)c(C)c1C. The summed E-state index contributed by atoms with van der Waals surface area (Å²) in [6.45, 7) is 6.58. The first-order chi connectivity index (χ1) is 10.2. The molecule has 3 aromatic carbocycles. The zero-order valence-electron chi connectivity index (χ0n) is 12.9. The van der Waals surface area contributed by atoms with Gasteiger partial charge in [-0.2, -0.15) is 0 Å². The Kier molecular flexibility index (Phi) is 3.62. The molecule has 0 aliphatic rings. The Labute approximate surface area is 127 Å². The second-order valence-corrected chi connectivity index (χ2v) is 5.62. The predicted molar refractivity (Wildman–Crippen MR) is 91.5 cm³/mol. The van der Waals surface area contributed by atoms with Gasteiger partial charge >= 0.3 is 0 Å². The van der Waals surface area contributed by atoms with Crippen molar-refractivity contribution in [2.45, 2.75) is 20.8 Å². The molecule has 21 heavy (non-hydrogen) atoms. The van der Waals surface area contributed by atoms with Crippen molar-refractivity contribution in [3.05, 3.63) is 83.4 Å². The van der Waals surface area contributed by atoms with Gasteiger partial charge in [0.25, 0.3) is 0 Å². The highest BCUT2D eigenvalue weighted by Gasteiger charge is 2.06. The molecule has 0 unspecified atom stereocenters. The van der Waals surface area contributed by atoms with Gasteiger partial charge in [0.15, 0.2) is 0 Å². The summed E-state index contributed by atoms with van der Waals surface area (Å²) in [5, 5.41) is 0. The second-order valence-electron chi connectivity index (χ2n) is 5.62. The van der Waals surface area contributed by atoms with Gasteiger partial charge in [-0.25, -0.2) is 0 Å². The maximum absolute atomic E-state index is 2.23. The van der Waals surface area contributed by atoms with Gasteiger partial charge in [0.2, 0.25) is 0 Å². The number of benzene rings is 3. The first kappa shape index (κ1) is 13.6. The summed E-state index contributed by atoms with van der Waals surface area (Å²) in [5.41, 5.74) is 9.27. The minimum absolute atomic E-state index is 1.26. The molecule has 0 atom stereocenters. The Hall–Kier alpha value is -2.34. The minimum Gasteiger partial charge on any atom is -0.0622 e. The van der Waals surface area contributed by atoms with E-state index < -0.39 is 0 Å². The van der Waals surface area contributed by atoms with E-state index in [0.717, 1.165) is 0 Å². The van der Waals surface area contributed by atoms with Crippen LogP contribution in [0.3, 0.4) is 0 Å². The molecule has 104 valence electrons. The number of hydrogen-bond acceptors (Lipinski definition) is 0. The topological polar surface area (TPSA) is 0 Å². The fraction of sp³-hybridized carbons (Fsp3) is 0.143. The lowest BCUT2D eigenvalue weighted by molar-refractivity contribution is 1.27. The predicted octanol–water partition coefficient (Wildman–Crippen LogP) is 5.95. The summed E-state index contributed by atoms with van der Waals surface area (Å²) in [7, 11) is 0. The molecule has 0 saturated heterocycles. The van der Waals surface area contributed by atoms with Crippen LogP contribution >= 0.6 is 0 Å². The fourth-order valence-corrected chi connectivity index (χ4v) is 2.74. The van der Waals surface area contributed by atoms with Crippen LogP contribution in [0.4, 0.5) is 0 Å². The molecule has 0 spiro atoms. The summed E-state index contributed by atoms with van der Waals surface area (Å²) >= 11 is 0. The van der Waals surface area contributed by atoms with E-state index in [0.29, 0.717) is 0 Å². The average Bonchev–Trinajstić information content (AvgIpc) is 2.54. The van der Waals surface area contributed by atoms with Gasteiger partial charge in [-0.15, -0.1) is 0 Å². The van der Waals surface area contributed by atoms with Crippen molar-refractivity contribution in [1.82, 2.24) is 0 Å². The van der Waals surface area contributed by atoms with E-state index >= 15 is 0 Å². The Bertz CT molecular complexity index is 750. The first-order valence-corrected chi connectivity index (χ1v) is 7.39. The largest absolute Gasteiger partial charge is 0.0622 e. The molecule has 0 aromatic heterocycles. The van der Waals surface area contributed by atoms with Crippen LogP contribution in [-0.4, -0.2) is 0 Å². The maximum Gasteiger partial charge on any atom is -0.0152 e. The zero-order chi connectivity index (χ0) is 14.8. The molecule has 0 aliphatic carbocycles. The smallest absolute Gasteiger partial charge is 0.0152 e. The van der Waals surface area contributed by atoms with E-state index in [9.17, 15) is 0 Å². The molecule has 0 bridgehead atoms. The minimum atomic E-state index is 1.26. The normalized spacial score (nSPS) is 10.6. The molecule has 3 aromatic rings. The van der Waals surface area contributed by atoms with Gasteiger partial charge in [0.05, 0.1) is 0 Å².